The van der Waals surface area contributed by atoms with E-state index in [0.717, 1.165) is 16.6 Å². The van der Waals surface area contributed by atoms with Crippen molar-refractivity contribution < 1.29 is 9.90 Å². The molecule has 2 rings (SSSR count). The molecule has 0 saturated carbocycles. The summed E-state index contributed by atoms with van der Waals surface area (Å²) in [6, 6.07) is 0. The Morgan fingerprint density at radius 3 is 2.71 bits per heavy atom. The maximum Gasteiger partial charge on any atom is 0.347 e. The Labute approximate surface area is 110 Å². The predicted octanol–water partition coefficient (Wildman–Crippen LogP) is 2.71. The molecule has 0 spiro atoms. The fourth-order valence-corrected chi connectivity index (χ4v) is 4.04. The molecule has 2 aromatic heterocycles. The molecule has 0 radical (unpaired) electrons. The first-order chi connectivity index (χ1) is 8.10. The molecule has 2 aromatic rings. The van der Waals surface area contributed by atoms with Gasteiger partial charge in [-0.3, -0.25) is 0 Å². The van der Waals surface area contributed by atoms with E-state index >= 15 is 0 Å². The Morgan fingerprint density at radius 2 is 2.18 bits per heavy atom. The van der Waals surface area contributed by atoms with Crippen LogP contribution in [0, 0.1) is 6.92 Å². The van der Waals surface area contributed by atoms with Crippen molar-refractivity contribution >= 4 is 40.6 Å². The minimum absolute atomic E-state index is 0.285. The zero-order valence-corrected chi connectivity index (χ0v) is 11.6. The number of hydrogen-bond donors (Lipinski definition) is 1. The van der Waals surface area contributed by atoms with Crippen LogP contribution in [-0.4, -0.2) is 25.4 Å². The molecule has 0 aliphatic heterocycles. The van der Waals surface area contributed by atoms with Gasteiger partial charge in [0.2, 0.25) is 0 Å². The normalized spacial score (nSPS) is 10.7. The molecule has 0 unspecified atom stereocenters. The summed E-state index contributed by atoms with van der Waals surface area (Å²) in [5, 5.41) is 8.92. The zero-order chi connectivity index (χ0) is 12.4. The molecular weight excluding hydrogens is 278 g/mol. The van der Waals surface area contributed by atoms with Crippen molar-refractivity contribution in [1.82, 2.24) is 14.3 Å². The topological polar surface area (TPSA) is 76.0 Å². The predicted molar refractivity (Wildman–Crippen MR) is 67.2 cm³/mol. The molecule has 0 amide bonds. The van der Waals surface area contributed by atoms with Crippen molar-refractivity contribution in [1.29, 1.82) is 0 Å². The van der Waals surface area contributed by atoms with Crippen molar-refractivity contribution in [3.63, 3.8) is 0 Å². The van der Waals surface area contributed by atoms with Gasteiger partial charge >= 0.3 is 5.97 Å². The number of carboxylic acid groups (broad SMARTS) is 1. The average Bonchev–Trinajstić information content (AvgIpc) is 2.85. The highest BCUT2D eigenvalue weighted by Crippen LogP contribution is 2.33. The molecule has 2 heterocycles. The van der Waals surface area contributed by atoms with Gasteiger partial charge in [0.05, 0.1) is 5.69 Å². The van der Waals surface area contributed by atoms with Crippen LogP contribution in [0.2, 0.25) is 0 Å². The highest BCUT2D eigenvalue weighted by Gasteiger charge is 2.15. The Bertz CT molecular complexity index is 549. The van der Waals surface area contributed by atoms with E-state index < -0.39 is 5.97 Å². The summed E-state index contributed by atoms with van der Waals surface area (Å²) in [5.41, 5.74) is 0.547. The molecule has 0 fully saturated rings. The standard InChI is InChI=1S/C9H9N3O2S3/c1-3-5-11-9(17-12-5)16-8-10-4(2)6(15-8)7(13)14/h3H2,1-2H3,(H,13,14). The van der Waals surface area contributed by atoms with Crippen molar-refractivity contribution in [3.05, 3.63) is 16.4 Å². The van der Waals surface area contributed by atoms with E-state index in [4.69, 9.17) is 5.11 Å². The van der Waals surface area contributed by atoms with Crippen LogP contribution in [0.25, 0.3) is 0 Å². The number of hydrogen-bond acceptors (Lipinski definition) is 7. The monoisotopic (exact) mass is 287 g/mol. The van der Waals surface area contributed by atoms with E-state index in [-0.39, 0.29) is 4.88 Å². The molecule has 0 atom stereocenters. The van der Waals surface area contributed by atoms with Crippen molar-refractivity contribution in [2.75, 3.05) is 0 Å². The van der Waals surface area contributed by atoms with Gasteiger partial charge in [-0.05, 0) is 30.2 Å². The van der Waals surface area contributed by atoms with Crippen LogP contribution < -0.4 is 0 Å². The van der Waals surface area contributed by atoms with Gasteiger partial charge in [0.25, 0.3) is 0 Å². The van der Waals surface area contributed by atoms with Crippen molar-refractivity contribution in [2.45, 2.75) is 28.9 Å². The fraction of sp³-hybridized carbons (Fsp3) is 0.333. The molecule has 17 heavy (non-hydrogen) atoms. The van der Waals surface area contributed by atoms with Gasteiger partial charge in [0.1, 0.15) is 10.7 Å². The summed E-state index contributed by atoms with van der Waals surface area (Å²) in [6.07, 6.45) is 0.800. The minimum Gasteiger partial charge on any atom is -0.477 e. The van der Waals surface area contributed by atoms with E-state index in [2.05, 4.69) is 14.3 Å². The summed E-state index contributed by atoms with van der Waals surface area (Å²) in [6.45, 7) is 3.69. The molecule has 1 N–H and O–H groups in total. The molecular formula is C9H9N3O2S3. The highest BCUT2D eigenvalue weighted by atomic mass is 32.2. The lowest BCUT2D eigenvalue weighted by molar-refractivity contribution is 0.0701. The fourth-order valence-electron chi connectivity index (χ4n) is 1.11. The second-order valence-electron chi connectivity index (χ2n) is 3.13. The van der Waals surface area contributed by atoms with Gasteiger partial charge in [0, 0.05) is 6.42 Å². The van der Waals surface area contributed by atoms with Gasteiger partial charge in [-0.1, -0.05) is 18.3 Å². The number of carbonyl (C=O) groups is 1. The van der Waals surface area contributed by atoms with Crippen LogP contribution in [0.4, 0.5) is 0 Å². The number of aryl methyl sites for hydroxylation is 2. The van der Waals surface area contributed by atoms with Crippen LogP contribution in [-0.2, 0) is 6.42 Å². The molecule has 8 heteroatoms. The number of nitrogens with zero attached hydrogens (tertiary/aromatic N) is 3. The van der Waals surface area contributed by atoms with Gasteiger partial charge < -0.3 is 5.11 Å². The van der Waals surface area contributed by atoms with Gasteiger partial charge in [-0.2, -0.15) is 4.37 Å². The second-order valence-corrected chi connectivity index (χ2v) is 6.38. The largest absolute Gasteiger partial charge is 0.477 e. The number of rotatable bonds is 4. The van der Waals surface area contributed by atoms with Crippen molar-refractivity contribution in [2.24, 2.45) is 0 Å². The second kappa shape index (κ2) is 5.11. The molecule has 0 aromatic carbocycles. The Morgan fingerprint density at radius 1 is 1.41 bits per heavy atom. The van der Waals surface area contributed by atoms with Crippen LogP contribution in [0.5, 0.6) is 0 Å². The lowest BCUT2D eigenvalue weighted by atomic mass is 10.4. The van der Waals surface area contributed by atoms with Crippen LogP contribution in [0.15, 0.2) is 8.68 Å². The lowest BCUT2D eigenvalue weighted by Crippen LogP contribution is -1.94. The van der Waals surface area contributed by atoms with E-state index in [1.165, 1.54) is 34.6 Å². The number of aromatic nitrogens is 3. The molecule has 90 valence electrons. The third kappa shape index (κ3) is 2.82. The third-order valence-electron chi connectivity index (χ3n) is 1.91. The van der Waals surface area contributed by atoms with Crippen LogP contribution >= 0.6 is 34.6 Å². The molecule has 5 nitrogen and oxygen atoms in total. The molecule has 0 aliphatic rings. The smallest absolute Gasteiger partial charge is 0.347 e. The van der Waals surface area contributed by atoms with Gasteiger partial charge in [-0.15, -0.1) is 0 Å². The summed E-state index contributed by atoms with van der Waals surface area (Å²) in [4.78, 5) is 19.7. The highest BCUT2D eigenvalue weighted by molar-refractivity contribution is 8.02. The van der Waals surface area contributed by atoms with E-state index in [0.29, 0.717) is 10.0 Å². The van der Waals surface area contributed by atoms with Gasteiger partial charge in [0.15, 0.2) is 8.68 Å². The van der Waals surface area contributed by atoms with Crippen molar-refractivity contribution in [3.8, 4) is 0 Å². The summed E-state index contributed by atoms with van der Waals surface area (Å²) >= 11 is 3.85. The molecule has 0 saturated heterocycles. The Hall–Kier alpha value is -0.990. The SMILES string of the molecule is CCc1nsc(Sc2nc(C)c(C(=O)O)s2)n1. The Balaban J connectivity index is 2.18. The first kappa shape index (κ1) is 12.5. The number of carboxylic acids is 1. The summed E-state index contributed by atoms with van der Waals surface area (Å²) in [7, 11) is 0. The van der Waals surface area contributed by atoms with Gasteiger partial charge in [-0.25, -0.2) is 14.8 Å². The molecule has 0 bridgehead atoms. The van der Waals surface area contributed by atoms with Crippen LogP contribution in [0.1, 0.15) is 28.1 Å². The minimum atomic E-state index is -0.932. The first-order valence-electron chi connectivity index (χ1n) is 4.81. The Kier molecular flexibility index (Phi) is 3.75. The summed E-state index contributed by atoms with van der Waals surface area (Å²) < 4.78 is 5.66. The quantitative estimate of drug-likeness (QED) is 0.931. The van der Waals surface area contributed by atoms with Crippen LogP contribution in [0.3, 0.4) is 0 Å². The maximum atomic E-state index is 10.9. The number of thiazole rings is 1. The lowest BCUT2D eigenvalue weighted by Gasteiger charge is -1.87. The number of aromatic carboxylic acids is 1. The maximum absolute atomic E-state index is 10.9. The summed E-state index contributed by atoms with van der Waals surface area (Å²) in [5.74, 6) is -0.123. The zero-order valence-electron chi connectivity index (χ0n) is 9.13. The van der Waals surface area contributed by atoms with E-state index in [9.17, 15) is 4.79 Å². The molecule has 0 aliphatic carbocycles. The van der Waals surface area contributed by atoms with E-state index in [1.54, 1.807) is 6.92 Å². The average molecular weight is 287 g/mol. The first-order valence-corrected chi connectivity index (χ1v) is 7.22. The van der Waals surface area contributed by atoms with E-state index in [1.807, 2.05) is 6.92 Å². The third-order valence-corrected chi connectivity index (χ3v) is 4.91.